The number of hydrogen-bond acceptors (Lipinski definition) is 6. The van der Waals surface area contributed by atoms with E-state index in [0.29, 0.717) is 24.5 Å². The van der Waals surface area contributed by atoms with Crippen molar-refractivity contribution in [3.05, 3.63) is 58.6 Å². The molecule has 0 aliphatic carbocycles. The van der Waals surface area contributed by atoms with E-state index in [1.807, 2.05) is 30.3 Å². The molecule has 7 heteroatoms. The molecule has 0 aliphatic rings. The Balaban J connectivity index is 2.32. The van der Waals surface area contributed by atoms with Crippen LogP contribution in [0.1, 0.15) is 0 Å². The maximum atomic E-state index is 11.4. The van der Waals surface area contributed by atoms with Gasteiger partial charge in [0, 0.05) is 30.5 Å². The predicted octanol–water partition coefficient (Wildman–Crippen LogP) is 2.13. The average Bonchev–Trinajstić information content (AvgIpc) is 2.56. The van der Waals surface area contributed by atoms with Gasteiger partial charge in [-0.3, -0.25) is 10.1 Å². The summed E-state index contributed by atoms with van der Waals surface area (Å²) in [6.07, 6.45) is 0. The zero-order chi connectivity index (χ0) is 16.7. The number of nitro benzene ring substituents is 1. The van der Waals surface area contributed by atoms with E-state index < -0.39 is 4.92 Å². The maximum Gasteiger partial charge on any atom is 0.294 e. The van der Waals surface area contributed by atoms with Gasteiger partial charge in [0.25, 0.3) is 5.69 Å². The van der Waals surface area contributed by atoms with E-state index in [1.54, 1.807) is 17.0 Å². The summed E-state index contributed by atoms with van der Waals surface area (Å²) in [6, 6.07) is 14.0. The molecule has 122 valence electrons. The summed E-state index contributed by atoms with van der Waals surface area (Å²) in [4.78, 5) is 12.6. The Morgan fingerprint density at radius 1 is 1.04 bits per heavy atom. The first-order valence-electron chi connectivity index (χ1n) is 7.23. The third-order valence-corrected chi connectivity index (χ3v) is 3.34. The van der Waals surface area contributed by atoms with Crippen molar-refractivity contribution in [1.29, 1.82) is 0 Å². The molecule has 0 fully saturated rings. The number of aliphatic hydroxyl groups excluding tert-OH is 2. The Bertz CT molecular complexity index is 643. The Kier molecular flexibility index (Phi) is 5.90. The lowest BCUT2D eigenvalue weighted by molar-refractivity contribution is -0.383. The number of benzene rings is 2. The van der Waals surface area contributed by atoms with Gasteiger partial charge in [-0.2, -0.15) is 0 Å². The molecule has 3 N–H and O–H groups in total. The summed E-state index contributed by atoms with van der Waals surface area (Å²) >= 11 is 0. The number of nitrogens with zero attached hydrogens (tertiary/aromatic N) is 2. The van der Waals surface area contributed by atoms with Crippen LogP contribution in [0.5, 0.6) is 0 Å². The summed E-state index contributed by atoms with van der Waals surface area (Å²) in [5.74, 6) is 0. The first kappa shape index (κ1) is 16.7. The fraction of sp³-hybridized carbons (Fsp3) is 0.250. The number of aliphatic hydroxyl groups is 2. The molecule has 0 atom stereocenters. The highest BCUT2D eigenvalue weighted by atomic mass is 16.6. The van der Waals surface area contributed by atoms with Crippen LogP contribution in [-0.2, 0) is 0 Å². The Morgan fingerprint density at radius 3 is 2.26 bits per heavy atom. The van der Waals surface area contributed by atoms with Crippen LogP contribution in [0.2, 0.25) is 0 Å². The minimum atomic E-state index is -0.454. The average molecular weight is 317 g/mol. The van der Waals surface area contributed by atoms with Gasteiger partial charge in [0.05, 0.1) is 18.1 Å². The van der Waals surface area contributed by atoms with Gasteiger partial charge in [-0.1, -0.05) is 18.2 Å². The summed E-state index contributed by atoms with van der Waals surface area (Å²) in [5.41, 5.74) is 1.66. The van der Waals surface area contributed by atoms with Gasteiger partial charge in [0.2, 0.25) is 0 Å². The summed E-state index contributed by atoms with van der Waals surface area (Å²) < 4.78 is 0. The molecule has 0 heterocycles. The Morgan fingerprint density at radius 2 is 1.70 bits per heavy atom. The van der Waals surface area contributed by atoms with Crippen molar-refractivity contribution >= 4 is 22.7 Å². The summed E-state index contributed by atoms with van der Waals surface area (Å²) in [6.45, 7) is 0.391. The lowest BCUT2D eigenvalue weighted by Gasteiger charge is -2.23. The number of nitrogens with one attached hydrogen (secondary N) is 1. The lowest BCUT2D eigenvalue weighted by Crippen LogP contribution is -2.29. The molecule has 0 unspecified atom stereocenters. The van der Waals surface area contributed by atoms with Crippen molar-refractivity contribution in [2.24, 2.45) is 0 Å². The van der Waals surface area contributed by atoms with E-state index in [-0.39, 0.29) is 18.9 Å². The number of anilines is 3. The second kappa shape index (κ2) is 8.11. The van der Waals surface area contributed by atoms with E-state index >= 15 is 0 Å². The fourth-order valence-electron chi connectivity index (χ4n) is 2.26. The van der Waals surface area contributed by atoms with Crippen LogP contribution >= 0.6 is 0 Å². The van der Waals surface area contributed by atoms with Gasteiger partial charge in [-0.05, 0) is 24.3 Å². The van der Waals surface area contributed by atoms with Crippen LogP contribution < -0.4 is 10.2 Å². The van der Waals surface area contributed by atoms with Crippen LogP contribution in [-0.4, -0.2) is 41.4 Å². The molecule has 0 aromatic heterocycles. The monoisotopic (exact) mass is 317 g/mol. The second-order valence-corrected chi connectivity index (χ2v) is 4.88. The molecule has 7 nitrogen and oxygen atoms in total. The Labute approximate surface area is 133 Å². The molecule has 0 bridgehead atoms. The summed E-state index contributed by atoms with van der Waals surface area (Å²) in [7, 11) is 0. The van der Waals surface area contributed by atoms with Crippen molar-refractivity contribution in [2.45, 2.75) is 0 Å². The van der Waals surface area contributed by atoms with Crippen molar-refractivity contribution in [2.75, 3.05) is 36.5 Å². The largest absolute Gasteiger partial charge is 0.395 e. The standard InChI is InChI=1S/C16H19N3O4/c20-10-8-18(9-11-21)14-6-7-15(16(12-14)19(22)23)17-13-4-2-1-3-5-13/h1-7,12,17,20-21H,8-11H2. The van der Waals surface area contributed by atoms with E-state index in [9.17, 15) is 10.1 Å². The Hall–Kier alpha value is -2.64. The van der Waals surface area contributed by atoms with E-state index in [1.165, 1.54) is 6.07 Å². The maximum absolute atomic E-state index is 11.4. The molecular formula is C16H19N3O4. The van der Waals surface area contributed by atoms with Gasteiger partial charge < -0.3 is 20.4 Å². The van der Waals surface area contributed by atoms with Gasteiger partial charge in [0.1, 0.15) is 5.69 Å². The number of rotatable bonds is 8. The molecule has 2 aromatic rings. The lowest BCUT2D eigenvalue weighted by atomic mass is 10.2. The molecule has 0 radical (unpaired) electrons. The number of para-hydroxylation sites is 1. The SMILES string of the molecule is O=[N+]([O-])c1cc(N(CCO)CCO)ccc1Nc1ccccc1. The minimum absolute atomic E-state index is 0.0627. The van der Waals surface area contributed by atoms with Crippen LogP contribution in [0, 0.1) is 10.1 Å². The minimum Gasteiger partial charge on any atom is -0.395 e. The molecule has 0 spiro atoms. The highest BCUT2D eigenvalue weighted by Crippen LogP contribution is 2.31. The third-order valence-electron chi connectivity index (χ3n) is 3.34. The van der Waals surface area contributed by atoms with Gasteiger partial charge in [0.15, 0.2) is 0 Å². The topological polar surface area (TPSA) is 98.9 Å². The summed E-state index contributed by atoms with van der Waals surface area (Å²) in [5, 5.41) is 32.5. The van der Waals surface area contributed by atoms with Crippen molar-refractivity contribution in [3.63, 3.8) is 0 Å². The molecule has 23 heavy (non-hydrogen) atoms. The van der Waals surface area contributed by atoms with Gasteiger partial charge in [-0.15, -0.1) is 0 Å². The van der Waals surface area contributed by atoms with Crippen LogP contribution in [0.3, 0.4) is 0 Å². The molecule has 2 aromatic carbocycles. The highest BCUT2D eigenvalue weighted by molar-refractivity contribution is 5.73. The van der Waals surface area contributed by atoms with Crippen molar-refractivity contribution in [1.82, 2.24) is 0 Å². The molecule has 0 saturated heterocycles. The first-order chi connectivity index (χ1) is 11.2. The van der Waals surface area contributed by atoms with E-state index in [4.69, 9.17) is 10.2 Å². The van der Waals surface area contributed by atoms with Crippen molar-refractivity contribution in [3.8, 4) is 0 Å². The normalized spacial score (nSPS) is 10.3. The zero-order valence-corrected chi connectivity index (χ0v) is 12.6. The molecule has 0 aliphatic heterocycles. The molecule has 0 saturated carbocycles. The molecule has 0 amide bonds. The van der Waals surface area contributed by atoms with Crippen LogP contribution in [0.25, 0.3) is 0 Å². The third kappa shape index (κ3) is 4.41. The smallest absolute Gasteiger partial charge is 0.294 e. The molecular weight excluding hydrogens is 298 g/mol. The van der Waals surface area contributed by atoms with Crippen LogP contribution in [0.15, 0.2) is 48.5 Å². The van der Waals surface area contributed by atoms with Gasteiger partial charge >= 0.3 is 0 Å². The highest BCUT2D eigenvalue weighted by Gasteiger charge is 2.17. The van der Waals surface area contributed by atoms with Gasteiger partial charge in [-0.25, -0.2) is 0 Å². The van der Waals surface area contributed by atoms with Crippen LogP contribution in [0.4, 0.5) is 22.7 Å². The number of nitro groups is 1. The zero-order valence-electron chi connectivity index (χ0n) is 12.6. The molecule has 2 rings (SSSR count). The quantitative estimate of drug-likeness (QED) is 0.509. The second-order valence-electron chi connectivity index (χ2n) is 4.88. The fourth-order valence-corrected chi connectivity index (χ4v) is 2.26. The number of hydrogen-bond donors (Lipinski definition) is 3. The van der Waals surface area contributed by atoms with E-state index in [0.717, 1.165) is 5.69 Å². The predicted molar refractivity (Wildman–Crippen MR) is 89.2 cm³/mol. The first-order valence-corrected chi connectivity index (χ1v) is 7.23. The van der Waals surface area contributed by atoms with E-state index in [2.05, 4.69) is 5.32 Å². The van der Waals surface area contributed by atoms with Crippen molar-refractivity contribution < 1.29 is 15.1 Å².